The van der Waals surface area contributed by atoms with Crippen LogP contribution in [0.4, 0.5) is 21.6 Å². The van der Waals surface area contributed by atoms with Gasteiger partial charge in [0.25, 0.3) is 0 Å². The van der Waals surface area contributed by atoms with Gasteiger partial charge in [0, 0.05) is 140 Å². The lowest BCUT2D eigenvalue weighted by Crippen LogP contribution is -2.49. The van der Waals surface area contributed by atoms with Crippen molar-refractivity contribution in [2.24, 2.45) is 5.92 Å². The Morgan fingerprint density at radius 2 is 1.84 bits per heavy atom. The molecule has 7 N–H and O–H groups in total. The predicted molar refractivity (Wildman–Crippen MR) is 332 cm³/mol. The zero-order valence-electron chi connectivity index (χ0n) is 50.2. The molecule has 4 aromatic carbocycles. The third-order valence-corrected chi connectivity index (χ3v) is 18.7. The minimum atomic E-state index is -0.815. The third kappa shape index (κ3) is 10.8. The van der Waals surface area contributed by atoms with Gasteiger partial charge in [0.1, 0.15) is 47.6 Å². The highest BCUT2D eigenvalue weighted by atomic mass is 19.1. The molecule has 3 aromatic heterocycles. The molecule has 13 rings (SSSR count). The molecule has 6 aliphatic rings. The molecular weight excluding hydrogens is 1100 g/mol. The summed E-state index contributed by atoms with van der Waals surface area (Å²) < 4.78 is 39.3. The predicted octanol–water partition coefficient (Wildman–Crippen LogP) is 8.64. The number of rotatable bonds is 20. The van der Waals surface area contributed by atoms with Crippen molar-refractivity contribution in [3.63, 3.8) is 0 Å². The van der Waals surface area contributed by atoms with Crippen LogP contribution in [0, 0.1) is 24.1 Å². The highest BCUT2D eigenvalue weighted by Crippen LogP contribution is 2.54. The number of aldehydes is 1. The van der Waals surface area contributed by atoms with E-state index in [9.17, 15) is 14.4 Å². The number of piperazine rings is 1. The molecule has 4 saturated heterocycles. The number of ether oxygens (including phenoxy) is 3. The first-order chi connectivity index (χ1) is 42.3. The summed E-state index contributed by atoms with van der Waals surface area (Å²) in [5.74, 6) is 0.129. The molecule has 2 bridgehead atoms. The van der Waals surface area contributed by atoms with Gasteiger partial charge in [0.2, 0.25) is 11.8 Å². The van der Waals surface area contributed by atoms with Gasteiger partial charge in [-0.25, -0.2) is 4.39 Å². The average Bonchev–Trinajstić information content (AvgIpc) is 1.78. The van der Waals surface area contributed by atoms with Crippen LogP contribution in [-0.4, -0.2) is 129 Å². The van der Waals surface area contributed by atoms with E-state index < -0.39 is 17.9 Å². The number of nitrogens with two attached hydrogens (primary N) is 1. The first kappa shape index (κ1) is 57.8. The number of carbonyl (C=O) groups excluding carboxylic acids is 3. The molecule has 1 aliphatic carbocycles. The molecule has 8 heterocycles. The average molecular weight is 1180 g/mol. The number of hydrogen-bond acceptors (Lipinski definition) is 16. The van der Waals surface area contributed by atoms with Gasteiger partial charge in [-0.05, 0) is 128 Å². The van der Waals surface area contributed by atoms with Crippen LogP contribution in [0.5, 0.6) is 11.8 Å². The van der Waals surface area contributed by atoms with Crippen molar-refractivity contribution in [3.05, 3.63) is 111 Å². The third-order valence-electron chi connectivity index (χ3n) is 18.7. The Morgan fingerprint density at radius 1 is 1.01 bits per heavy atom. The summed E-state index contributed by atoms with van der Waals surface area (Å²) in [7, 11) is 1.80. The number of aryl methyl sites for hydroxylation is 1. The van der Waals surface area contributed by atoms with Gasteiger partial charge in [-0.15, -0.1) is 0 Å². The van der Waals surface area contributed by atoms with Crippen LogP contribution in [0.1, 0.15) is 127 Å². The molecule has 4 atom stereocenters. The van der Waals surface area contributed by atoms with E-state index in [1.807, 2.05) is 49.0 Å². The first-order valence-corrected chi connectivity index (χ1v) is 31.0. The van der Waals surface area contributed by atoms with E-state index in [0.717, 1.165) is 97.6 Å². The molecule has 0 spiro atoms. The van der Waals surface area contributed by atoms with Crippen molar-refractivity contribution < 1.29 is 33.0 Å². The van der Waals surface area contributed by atoms with E-state index >= 15 is 4.39 Å². The number of nitrogen functional groups attached to an aromatic ring is 1. The van der Waals surface area contributed by atoms with Crippen molar-refractivity contribution in [1.29, 1.82) is 5.41 Å². The molecule has 454 valence electrons. The van der Waals surface area contributed by atoms with Crippen LogP contribution in [0.15, 0.2) is 60.9 Å². The van der Waals surface area contributed by atoms with E-state index in [1.165, 1.54) is 23.4 Å². The summed E-state index contributed by atoms with van der Waals surface area (Å²) >= 11 is 0. The van der Waals surface area contributed by atoms with Crippen molar-refractivity contribution in [1.82, 2.24) is 50.4 Å². The maximum absolute atomic E-state index is 16.2. The topological polar surface area (TPSA) is 245 Å². The number of nitrogens with zero attached hydrogens (tertiary/aromatic N) is 8. The zero-order valence-corrected chi connectivity index (χ0v) is 50.2. The van der Waals surface area contributed by atoms with Crippen molar-refractivity contribution in [3.8, 4) is 45.3 Å². The summed E-state index contributed by atoms with van der Waals surface area (Å²) in [6.07, 6.45) is 11.6. The molecule has 21 heteroatoms. The van der Waals surface area contributed by atoms with Crippen molar-refractivity contribution in [2.75, 3.05) is 62.4 Å². The van der Waals surface area contributed by atoms with Gasteiger partial charge in [-0.2, -0.15) is 20.2 Å². The summed E-state index contributed by atoms with van der Waals surface area (Å²) in [5.41, 5.74) is 18.5. The monoisotopic (exact) mass is 1180 g/mol. The van der Waals surface area contributed by atoms with E-state index in [1.54, 1.807) is 29.7 Å². The Kier molecular flexibility index (Phi) is 16.0. The van der Waals surface area contributed by atoms with Crippen LogP contribution >= 0.6 is 0 Å². The quantitative estimate of drug-likeness (QED) is 0.0238. The number of nitrogens with one attached hydrogen (secondary N) is 5. The van der Waals surface area contributed by atoms with Gasteiger partial charge in [0.15, 0.2) is 12.0 Å². The summed E-state index contributed by atoms with van der Waals surface area (Å²) in [5, 5.41) is 32.5. The Morgan fingerprint density at radius 3 is 2.57 bits per heavy atom. The fourth-order valence-electron chi connectivity index (χ4n) is 14.1. The van der Waals surface area contributed by atoms with Gasteiger partial charge in [0.05, 0.1) is 18.9 Å². The number of carbonyl (C=O) groups is 3. The lowest BCUT2D eigenvalue weighted by Gasteiger charge is -2.31. The second kappa shape index (κ2) is 24.1. The normalized spacial score (nSPS) is 19.6. The van der Waals surface area contributed by atoms with Gasteiger partial charge in [-0.3, -0.25) is 23.7 Å². The molecule has 5 aliphatic heterocycles. The van der Waals surface area contributed by atoms with Gasteiger partial charge in [-0.1, -0.05) is 38.1 Å². The Hall–Kier alpha value is -8.27. The molecule has 0 radical (unpaired) electrons. The molecule has 5 fully saturated rings. The number of fused-ring (bicyclic) bond motifs is 4. The molecule has 7 aromatic rings. The maximum Gasteiger partial charge on any atom is 0.319 e. The highest BCUT2D eigenvalue weighted by Gasteiger charge is 2.42. The number of halogens is 1. The lowest BCUT2D eigenvalue weighted by molar-refractivity contribution is -0.142. The number of anilines is 3. The number of likely N-dealkylation sites (tertiary alicyclic amines) is 1. The van der Waals surface area contributed by atoms with E-state index in [2.05, 4.69) is 56.4 Å². The minimum Gasteiger partial charge on any atom is -0.486 e. The van der Waals surface area contributed by atoms with Gasteiger partial charge >= 0.3 is 6.01 Å². The molecular formula is C66H77FN14O6. The molecule has 87 heavy (non-hydrogen) atoms. The van der Waals surface area contributed by atoms with E-state index in [4.69, 9.17) is 40.4 Å². The summed E-state index contributed by atoms with van der Waals surface area (Å²) in [6, 6.07) is 14.8. The fraction of sp³-hybridized carbons (Fsp3) is 0.455. The van der Waals surface area contributed by atoms with Crippen LogP contribution in [0.3, 0.4) is 0 Å². The smallest absolute Gasteiger partial charge is 0.319 e. The number of hydrogen-bond donors (Lipinski definition) is 6. The number of amides is 2. The fourth-order valence-corrected chi connectivity index (χ4v) is 14.1. The largest absolute Gasteiger partial charge is 0.486 e. The van der Waals surface area contributed by atoms with Crippen LogP contribution in [0.2, 0.25) is 0 Å². The van der Waals surface area contributed by atoms with Crippen LogP contribution < -0.4 is 41.4 Å². The summed E-state index contributed by atoms with van der Waals surface area (Å²) in [4.78, 5) is 56.7. The second-order valence-electron chi connectivity index (χ2n) is 24.5. The molecule has 1 saturated carbocycles. The Labute approximate surface area is 505 Å². The molecule has 4 unspecified atom stereocenters. The Balaban J connectivity index is 0.807. The molecule has 2 amide bonds. The van der Waals surface area contributed by atoms with Crippen molar-refractivity contribution >= 4 is 52.4 Å². The number of benzene rings is 4. The molecule has 20 nitrogen and oxygen atoms in total. The van der Waals surface area contributed by atoms with Gasteiger partial charge < -0.3 is 56.4 Å². The zero-order chi connectivity index (χ0) is 60.2. The standard InChI is InChI=1S/C66H77FN14O6/c1-6-80-56(16-20-74-80)46-14-12-40(44-15-19-71-31-50(44)46)29-73-64(83)57-8-7-21-78(57)65(84)61(36(2)3)81-33-51(55(34-82)77-81)45-13-9-38(24-54(45)70-5)35-86-62-59(58-37(4)52(67)27-53(69)49(58)28-68)47(39-10-11-39)26-48-60(62)75-66(87-43-17-22-85-23-18-43)76-63(48)79-32-41-25-42(79)30-72-41/h9,12-14,16,20,24,26-28,33-34,36,39,41-43,57,61,68,70-72H,6-8,10-11,15,17-19,21-23,25,29-32,35,69H2,1-5H3,(H,73,83). The maximum atomic E-state index is 16.2. The lowest BCUT2D eigenvalue weighted by atomic mass is 9.87. The van der Waals surface area contributed by atoms with Crippen molar-refractivity contribution in [2.45, 2.75) is 141 Å². The van der Waals surface area contributed by atoms with Crippen LogP contribution in [-0.2, 0) is 47.0 Å². The second-order valence-corrected chi connectivity index (χ2v) is 24.5. The van der Waals surface area contributed by atoms with Crippen LogP contribution in [0.25, 0.3) is 44.4 Å². The number of aromatic nitrogens is 6. The van der Waals surface area contributed by atoms with E-state index in [0.29, 0.717) is 115 Å². The van der Waals surface area contributed by atoms with E-state index in [-0.39, 0.29) is 59.8 Å². The summed E-state index contributed by atoms with van der Waals surface area (Å²) in [6.45, 7) is 13.6. The highest BCUT2D eigenvalue weighted by molar-refractivity contribution is 6.05. The Bertz CT molecular complexity index is 3830. The minimum absolute atomic E-state index is 0.0369. The SMILES string of the molecule is CCn1nccc1-c1ccc(CNC(=O)C2CCCN2C(=O)C(C(C)C)n2cc(-c3ccc(COc4c(-c5c(C)c(F)cc(N)c5C=N)c(C5CC5)cc5c(N6CC7CC6CN7)nc(OC6CCOCC6)nc45)cc3NC)c(C=O)n2)c2c1CNCC2. The first-order valence-electron chi connectivity index (χ1n) is 31.0.